The fourth-order valence-electron chi connectivity index (χ4n) is 3.04. The van der Waals surface area contributed by atoms with Gasteiger partial charge in [-0.15, -0.1) is 10.2 Å². The molecule has 4 aromatic rings. The van der Waals surface area contributed by atoms with E-state index in [1.54, 1.807) is 28.9 Å². The zero-order chi connectivity index (χ0) is 23.8. The summed E-state index contributed by atoms with van der Waals surface area (Å²) < 4.78 is 7.43. The first-order chi connectivity index (χ1) is 16.6. The molecule has 34 heavy (non-hydrogen) atoms. The molecule has 0 radical (unpaired) electrons. The average Bonchev–Trinajstić information content (AvgIpc) is 3.21. The van der Waals surface area contributed by atoms with Crippen LogP contribution < -0.4 is 15.5 Å². The molecule has 1 heterocycles. The van der Waals surface area contributed by atoms with E-state index in [2.05, 4.69) is 33.1 Å². The fraction of sp³-hybridized carbons (Fsp3) is 0.120. The lowest BCUT2D eigenvalue weighted by Crippen LogP contribution is -2.38. The number of thiocarbonyl (C=S) groups is 1. The van der Waals surface area contributed by atoms with Gasteiger partial charge in [0.2, 0.25) is 5.16 Å². The van der Waals surface area contributed by atoms with Crippen LogP contribution in [-0.2, 0) is 12.4 Å². The number of benzene rings is 3. The van der Waals surface area contributed by atoms with E-state index in [4.69, 9.17) is 17.0 Å². The summed E-state index contributed by atoms with van der Waals surface area (Å²) in [5.74, 6) is 1.73. The lowest BCUT2D eigenvalue weighted by atomic mass is 10.2. The molecule has 0 saturated carbocycles. The Bertz CT molecular complexity index is 1250. The van der Waals surface area contributed by atoms with E-state index >= 15 is 0 Å². The topological polar surface area (TPSA) is 81.1 Å². The van der Waals surface area contributed by atoms with Gasteiger partial charge in [-0.25, -0.2) is 4.68 Å². The molecule has 2 N–H and O–H groups in total. The highest BCUT2D eigenvalue weighted by Gasteiger charge is 2.13. The summed E-state index contributed by atoms with van der Waals surface area (Å²) in [7, 11) is 0. The lowest BCUT2D eigenvalue weighted by Gasteiger charge is -2.13. The summed E-state index contributed by atoms with van der Waals surface area (Å²) in [5, 5.41) is 11.8. The minimum Gasteiger partial charge on any atom is -0.489 e. The Labute approximate surface area is 207 Å². The van der Waals surface area contributed by atoms with Crippen LogP contribution in [0.15, 0.2) is 90.1 Å². The Morgan fingerprint density at radius 3 is 2.26 bits per heavy atom. The number of aromatic nitrogens is 3. The standard InChI is InChI=1S/C25H23N5O2S2/c1-18-27-28-25(34-17-20-10-6-3-7-11-20)30(18)29-24(33)26-23(31)21-12-14-22(15-13-21)32-16-19-8-4-2-5-9-19/h2-15H,16-17H2,1H3,(H2,26,29,31,33). The molecule has 9 heteroatoms. The van der Waals surface area contributed by atoms with Gasteiger partial charge in [0.1, 0.15) is 18.2 Å². The van der Waals surface area contributed by atoms with Gasteiger partial charge in [-0.3, -0.25) is 15.5 Å². The van der Waals surface area contributed by atoms with Gasteiger partial charge >= 0.3 is 0 Å². The summed E-state index contributed by atoms with van der Waals surface area (Å²) in [6, 6.07) is 26.9. The molecule has 4 rings (SSSR count). The first kappa shape index (κ1) is 23.5. The second kappa shape index (κ2) is 11.4. The minimum atomic E-state index is -0.323. The van der Waals surface area contributed by atoms with Crippen molar-refractivity contribution >= 4 is 35.0 Å². The highest BCUT2D eigenvalue weighted by atomic mass is 32.2. The van der Waals surface area contributed by atoms with E-state index in [-0.39, 0.29) is 11.0 Å². The van der Waals surface area contributed by atoms with Gasteiger partial charge in [-0.2, -0.15) is 0 Å². The molecule has 1 aromatic heterocycles. The Hall–Kier alpha value is -3.69. The third kappa shape index (κ3) is 6.43. The molecule has 0 aliphatic rings. The highest BCUT2D eigenvalue weighted by Crippen LogP contribution is 2.21. The van der Waals surface area contributed by atoms with Crippen LogP contribution in [0.5, 0.6) is 5.75 Å². The van der Waals surface area contributed by atoms with Gasteiger partial charge in [-0.1, -0.05) is 72.4 Å². The first-order valence-electron chi connectivity index (χ1n) is 10.6. The maximum Gasteiger partial charge on any atom is 0.257 e. The van der Waals surface area contributed by atoms with Gasteiger partial charge in [0.05, 0.1) is 0 Å². The molecule has 0 fully saturated rings. The van der Waals surface area contributed by atoms with Crippen LogP contribution in [0.3, 0.4) is 0 Å². The lowest BCUT2D eigenvalue weighted by molar-refractivity contribution is 0.0977. The number of rotatable bonds is 8. The van der Waals surface area contributed by atoms with Gasteiger partial charge in [-0.05, 0) is 54.5 Å². The maximum atomic E-state index is 12.6. The van der Waals surface area contributed by atoms with Crippen molar-refractivity contribution in [1.29, 1.82) is 0 Å². The third-order valence-corrected chi connectivity index (χ3v) is 6.00. The van der Waals surface area contributed by atoms with Crippen molar-refractivity contribution < 1.29 is 9.53 Å². The van der Waals surface area contributed by atoms with E-state index in [1.165, 1.54) is 17.3 Å². The zero-order valence-corrected chi connectivity index (χ0v) is 20.1. The van der Waals surface area contributed by atoms with Crippen molar-refractivity contribution in [3.8, 4) is 5.75 Å². The van der Waals surface area contributed by atoms with Gasteiger partial charge < -0.3 is 4.74 Å². The molecule has 0 saturated heterocycles. The Kier molecular flexibility index (Phi) is 7.90. The molecule has 1 amide bonds. The predicted molar refractivity (Wildman–Crippen MR) is 137 cm³/mol. The Morgan fingerprint density at radius 1 is 0.941 bits per heavy atom. The molecular formula is C25H23N5O2S2. The largest absolute Gasteiger partial charge is 0.489 e. The van der Waals surface area contributed by atoms with E-state index < -0.39 is 0 Å². The number of amides is 1. The van der Waals surface area contributed by atoms with E-state index in [1.807, 2.05) is 55.5 Å². The number of hydrogen-bond acceptors (Lipinski definition) is 6. The summed E-state index contributed by atoms with van der Waals surface area (Å²) >= 11 is 6.87. The number of nitrogens with zero attached hydrogens (tertiary/aromatic N) is 3. The molecule has 0 aliphatic heterocycles. The Morgan fingerprint density at radius 2 is 1.59 bits per heavy atom. The van der Waals surface area contributed by atoms with Crippen LogP contribution in [-0.4, -0.2) is 25.9 Å². The molecule has 7 nitrogen and oxygen atoms in total. The summed E-state index contributed by atoms with van der Waals surface area (Å²) in [5.41, 5.74) is 5.71. The van der Waals surface area contributed by atoms with Crippen molar-refractivity contribution in [2.75, 3.05) is 5.43 Å². The Balaban J connectivity index is 1.31. The molecule has 0 unspecified atom stereocenters. The van der Waals surface area contributed by atoms with E-state index in [0.717, 1.165) is 11.3 Å². The van der Waals surface area contributed by atoms with Gasteiger partial charge in [0.25, 0.3) is 5.91 Å². The van der Waals surface area contributed by atoms with Gasteiger partial charge in [0.15, 0.2) is 5.11 Å². The number of nitrogens with one attached hydrogen (secondary N) is 2. The minimum absolute atomic E-state index is 0.152. The highest BCUT2D eigenvalue weighted by molar-refractivity contribution is 7.98. The quantitative estimate of drug-likeness (QED) is 0.274. The maximum absolute atomic E-state index is 12.6. The molecule has 3 aromatic carbocycles. The second-order valence-corrected chi connectivity index (χ2v) is 8.68. The third-order valence-electron chi connectivity index (χ3n) is 4.81. The summed E-state index contributed by atoms with van der Waals surface area (Å²) in [4.78, 5) is 12.6. The van der Waals surface area contributed by atoms with Crippen molar-refractivity contribution in [2.24, 2.45) is 0 Å². The van der Waals surface area contributed by atoms with Crippen molar-refractivity contribution in [3.05, 3.63) is 107 Å². The monoisotopic (exact) mass is 489 g/mol. The van der Waals surface area contributed by atoms with Gasteiger partial charge in [0, 0.05) is 11.3 Å². The van der Waals surface area contributed by atoms with Crippen LogP contribution in [0.1, 0.15) is 27.3 Å². The second-order valence-electron chi connectivity index (χ2n) is 7.33. The van der Waals surface area contributed by atoms with Crippen LogP contribution in [0.25, 0.3) is 0 Å². The summed E-state index contributed by atoms with van der Waals surface area (Å²) in [6.45, 7) is 2.27. The first-order valence-corrected chi connectivity index (χ1v) is 12.0. The molecule has 0 spiro atoms. The number of aryl methyl sites for hydroxylation is 1. The molecular weight excluding hydrogens is 466 g/mol. The SMILES string of the molecule is Cc1nnc(SCc2ccccc2)n1NC(=S)NC(=O)c1ccc(OCc2ccccc2)cc1. The average molecular weight is 490 g/mol. The van der Waals surface area contributed by atoms with Crippen molar-refractivity contribution in [2.45, 2.75) is 24.4 Å². The fourth-order valence-corrected chi connectivity index (χ4v) is 4.11. The summed E-state index contributed by atoms with van der Waals surface area (Å²) in [6.07, 6.45) is 0. The predicted octanol–water partition coefficient (Wildman–Crippen LogP) is 4.72. The molecule has 0 aliphatic carbocycles. The number of carbonyl (C=O) groups is 1. The molecule has 0 atom stereocenters. The number of carbonyl (C=O) groups excluding carboxylic acids is 1. The van der Waals surface area contributed by atoms with Crippen LogP contribution in [0.2, 0.25) is 0 Å². The number of thioether (sulfide) groups is 1. The molecule has 0 bridgehead atoms. The smallest absolute Gasteiger partial charge is 0.257 e. The van der Waals surface area contributed by atoms with E-state index in [0.29, 0.717) is 28.9 Å². The molecule has 172 valence electrons. The van der Waals surface area contributed by atoms with Crippen molar-refractivity contribution in [3.63, 3.8) is 0 Å². The zero-order valence-electron chi connectivity index (χ0n) is 18.5. The van der Waals surface area contributed by atoms with E-state index in [9.17, 15) is 4.79 Å². The number of ether oxygens (including phenoxy) is 1. The normalized spacial score (nSPS) is 10.5. The van der Waals surface area contributed by atoms with Crippen LogP contribution in [0.4, 0.5) is 0 Å². The number of hydrogen-bond donors (Lipinski definition) is 2. The van der Waals surface area contributed by atoms with Crippen LogP contribution in [0, 0.1) is 6.92 Å². The van der Waals surface area contributed by atoms with Crippen LogP contribution >= 0.6 is 24.0 Å². The van der Waals surface area contributed by atoms with Crippen molar-refractivity contribution in [1.82, 2.24) is 20.2 Å².